The largest absolute Gasteiger partial charge is 0.287 e. The summed E-state index contributed by atoms with van der Waals surface area (Å²) in [6, 6.07) is 11.8. The number of sulfonamides is 1. The lowest BCUT2D eigenvalue weighted by molar-refractivity contribution is 0.0993. The number of benzene rings is 2. The third-order valence-electron chi connectivity index (χ3n) is 3.81. The number of para-hydroxylation sites is 1. The SMILES string of the molecule is CN(C(=O)c1ccc(Cl)c(S(=O)(=O)N(C)C)c1)c1nc2ccccc2s1. The standard InChI is InChI=1S/C17H16ClN3O3S2/c1-20(2)26(23,24)15-10-11(8-9-12(15)18)16(22)21(3)17-19-13-6-4-5-7-14(13)25-17/h4-10H,1-3H3. The Hall–Kier alpha value is -2.00. The van der Waals surface area contributed by atoms with E-state index in [1.807, 2.05) is 24.3 Å². The van der Waals surface area contributed by atoms with E-state index >= 15 is 0 Å². The number of nitrogens with zero attached hydrogens (tertiary/aromatic N) is 3. The van der Waals surface area contributed by atoms with E-state index in [-0.39, 0.29) is 21.4 Å². The average molecular weight is 410 g/mol. The van der Waals surface area contributed by atoms with Gasteiger partial charge in [-0.3, -0.25) is 9.69 Å². The quantitative estimate of drug-likeness (QED) is 0.661. The summed E-state index contributed by atoms with van der Waals surface area (Å²) in [6.45, 7) is 0. The highest BCUT2D eigenvalue weighted by Gasteiger charge is 2.24. The summed E-state index contributed by atoms with van der Waals surface area (Å²) in [5.74, 6) is -0.365. The molecular formula is C17H16ClN3O3S2. The number of carbonyl (C=O) groups excluding carboxylic acids is 1. The van der Waals surface area contributed by atoms with Crippen LogP contribution < -0.4 is 4.90 Å². The summed E-state index contributed by atoms with van der Waals surface area (Å²) in [7, 11) is 0.669. The molecule has 0 fully saturated rings. The Morgan fingerprint density at radius 3 is 2.46 bits per heavy atom. The fourth-order valence-corrected chi connectivity index (χ4v) is 4.63. The lowest BCUT2D eigenvalue weighted by Crippen LogP contribution is -2.27. The summed E-state index contributed by atoms with van der Waals surface area (Å²) in [5, 5.41) is 0.598. The van der Waals surface area contributed by atoms with Crippen molar-refractivity contribution in [2.45, 2.75) is 4.90 Å². The Balaban J connectivity index is 1.99. The Bertz CT molecular complexity index is 1060. The van der Waals surface area contributed by atoms with Gasteiger partial charge in [-0.15, -0.1) is 0 Å². The van der Waals surface area contributed by atoms with Crippen molar-refractivity contribution in [1.82, 2.24) is 9.29 Å². The maximum atomic E-state index is 12.8. The van der Waals surface area contributed by atoms with Gasteiger partial charge >= 0.3 is 0 Å². The molecule has 0 bridgehead atoms. The first-order chi connectivity index (χ1) is 12.2. The molecule has 0 spiro atoms. The summed E-state index contributed by atoms with van der Waals surface area (Å²) < 4.78 is 26.8. The van der Waals surface area contributed by atoms with E-state index in [9.17, 15) is 13.2 Å². The third-order valence-corrected chi connectivity index (χ3v) is 7.22. The van der Waals surface area contributed by atoms with E-state index in [1.54, 1.807) is 7.05 Å². The number of fused-ring (bicyclic) bond motifs is 1. The second kappa shape index (κ2) is 6.96. The summed E-state index contributed by atoms with van der Waals surface area (Å²) in [6.07, 6.45) is 0. The van der Waals surface area contributed by atoms with E-state index in [2.05, 4.69) is 4.98 Å². The van der Waals surface area contributed by atoms with Gasteiger partial charge in [0.05, 0.1) is 15.2 Å². The molecular weight excluding hydrogens is 394 g/mol. The Morgan fingerprint density at radius 1 is 1.12 bits per heavy atom. The Morgan fingerprint density at radius 2 is 1.81 bits per heavy atom. The zero-order valence-electron chi connectivity index (χ0n) is 14.3. The summed E-state index contributed by atoms with van der Waals surface area (Å²) >= 11 is 7.43. The highest BCUT2D eigenvalue weighted by Crippen LogP contribution is 2.30. The molecule has 3 aromatic rings. The second-order valence-electron chi connectivity index (χ2n) is 5.76. The predicted octanol–water partition coefficient (Wildman–Crippen LogP) is 3.48. The first kappa shape index (κ1) is 18.8. The Labute approximate surface area is 160 Å². The van der Waals surface area contributed by atoms with Crippen molar-refractivity contribution in [3.8, 4) is 0 Å². The lowest BCUT2D eigenvalue weighted by atomic mass is 10.2. The fraction of sp³-hybridized carbons (Fsp3) is 0.176. The van der Waals surface area contributed by atoms with E-state index in [4.69, 9.17) is 11.6 Å². The highest BCUT2D eigenvalue weighted by atomic mass is 35.5. The molecule has 6 nitrogen and oxygen atoms in total. The van der Waals surface area contributed by atoms with Gasteiger partial charge in [-0.25, -0.2) is 17.7 Å². The highest BCUT2D eigenvalue weighted by molar-refractivity contribution is 7.89. The van der Waals surface area contributed by atoms with E-state index in [0.717, 1.165) is 14.5 Å². The number of hydrogen-bond donors (Lipinski definition) is 0. The van der Waals surface area contributed by atoms with Crippen LogP contribution in [0.25, 0.3) is 10.2 Å². The van der Waals surface area contributed by atoms with Crippen molar-refractivity contribution in [2.24, 2.45) is 0 Å². The number of rotatable bonds is 4. The number of halogens is 1. The minimum absolute atomic E-state index is 0.0675. The molecule has 26 heavy (non-hydrogen) atoms. The maximum Gasteiger partial charge on any atom is 0.259 e. The van der Waals surface area contributed by atoms with Crippen LogP contribution in [-0.4, -0.2) is 44.8 Å². The van der Waals surface area contributed by atoms with E-state index in [1.165, 1.54) is 48.5 Å². The van der Waals surface area contributed by atoms with Crippen molar-refractivity contribution in [2.75, 3.05) is 26.0 Å². The van der Waals surface area contributed by atoms with Gasteiger partial charge in [-0.2, -0.15) is 0 Å². The molecule has 0 saturated heterocycles. The number of hydrogen-bond acceptors (Lipinski definition) is 5. The summed E-state index contributed by atoms with van der Waals surface area (Å²) in [5.41, 5.74) is 1.02. The van der Waals surface area contributed by atoms with Crippen LogP contribution in [0, 0.1) is 0 Å². The average Bonchev–Trinajstić information content (AvgIpc) is 3.04. The number of anilines is 1. The van der Waals surface area contributed by atoms with Crippen LogP contribution in [0.4, 0.5) is 5.13 Å². The van der Waals surface area contributed by atoms with Gasteiger partial charge in [0.2, 0.25) is 10.0 Å². The zero-order chi connectivity index (χ0) is 19.1. The molecule has 9 heteroatoms. The van der Waals surface area contributed by atoms with Crippen LogP contribution in [0.15, 0.2) is 47.4 Å². The molecule has 1 amide bonds. The lowest BCUT2D eigenvalue weighted by Gasteiger charge is -2.16. The van der Waals surface area contributed by atoms with E-state index < -0.39 is 10.0 Å². The van der Waals surface area contributed by atoms with Gasteiger partial charge in [0.1, 0.15) is 4.90 Å². The molecule has 0 aliphatic rings. The molecule has 0 aliphatic heterocycles. The minimum atomic E-state index is -3.76. The van der Waals surface area contributed by atoms with Gasteiger partial charge in [-0.05, 0) is 30.3 Å². The molecule has 136 valence electrons. The molecule has 0 atom stereocenters. The molecule has 0 aliphatic carbocycles. The number of amides is 1. The van der Waals surface area contributed by atoms with Crippen molar-refractivity contribution in [3.05, 3.63) is 53.1 Å². The maximum absolute atomic E-state index is 12.8. The molecule has 0 unspecified atom stereocenters. The predicted molar refractivity (Wildman–Crippen MR) is 105 cm³/mol. The van der Waals surface area contributed by atoms with Crippen molar-refractivity contribution >= 4 is 54.2 Å². The van der Waals surface area contributed by atoms with Crippen LogP contribution in [0.2, 0.25) is 5.02 Å². The van der Waals surface area contributed by atoms with Crippen molar-refractivity contribution < 1.29 is 13.2 Å². The zero-order valence-corrected chi connectivity index (χ0v) is 16.7. The number of aromatic nitrogens is 1. The van der Waals surface area contributed by atoms with Gasteiger partial charge in [-0.1, -0.05) is 35.1 Å². The Kier molecular flexibility index (Phi) is 5.03. The third kappa shape index (κ3) is 3.33. The normalized spacial score (nSPS) is 11.9. The first-order valence-electron chi connectivity index (χ1n) is 7.57. The molecule has 0 saturated carbocycles. The number of thiazole rings is 1. The molecule has 1 heterocycles. The molecule has 0 radical (unpaired) electrons. The topological polar surface area (TPSA) is 70.6 Å². The van der Waals surface area contributed by atoms with Gasteiger partial charge < -0.3 is 0 Å². The fourth-order valence-electron chi connectivity index (χ4n) is 2.31. The van der Waals surface area contributed by atoms with Crippen molar-refractivity contribution in [3.63, 3.8) is 0 Å². The molecule has 0 N–H and O–H groups in total. The molecule has 3 rings (SSSR count). The van der Waals surface area contributed by atoms with Crippen LogP contribution in [0.5, 0.6) is 0 Å². The first-order valence-corrected chi connectivity index (χ1v) is 10.2. The minimum Gasteiger partial charge on any atom is -0.287 e. The molecule has 2 aromatic carbocycles. The number of carbonyl (C=O) groups is 1. The smallest absolute Gasteiger partial charge is 0.259 e. The van der Waals surface area contributed by atoms with Gasteiger partial charge in [0.25, 0.3) is 5.91 Å². The monoisotopic (exact) mass is 409 g/mol. The van der Waals surface area contributed by atoms with Gasteiger partial charge in [0, 0.05) is 26.7 Å². The van der Waals surface area contributed by atoms with Gasteiger partial charge in [0.15, 0.2) is 5.13 Å². The van der Waals surface area contributed by atoms with Crippen LogP contribution in [0.3, 0.4) is 0 Å². The van der Waals surface area contributed by atoms with Crippen LogP contribution in [-0.2, 0) is 10.0 Å². The second-order valence-corrected chi connectivity index (χ2v) is 9.30. The van der Waals surface area contributed by atoms with Crippen LogP contribution >= 0.6 is 22.9 Å². The van der Waals surface area contributed by atoms with Crippen molar-refractivity contribution in [1.29, 1.82) is 0 Å². The van der Waals surface area contributed by atoms with Crippen LogP contribution in [0.1, 0.15) is 10.4 Å². The van der Waals surface area contributed by atoms with E-state index in [0.29, 0.717) is 5.13 Å². The molecule has 1 aromatic heterocycles. The summed E-state index contributed by atoms with van der Waals surface area (Å²) in [4.78, 5) is 18.6.